The number of hydrazine groups is 1. The summed E-state index contributed by atoms with van der Waals surface area (Å²) in [6, 6.07) is 7.64. The van der Waals surface area contributed by atoms with Gasteiger partial charge >= 0.3 is 6.03 Å². The second kappa shape index (κ2) is 7.80. The lowest BCUT2D eigenvalue weighted by molar-refractivity contribution is 0.253. The number of nitrogens with zero attached hydrogens (tertiary/aromatic N) is 2. The molecule has 2 aromatic rings. The summed E-state index contributed by atoms with van der Waals surface area (Å²) in [6.45, 7) is 1.90. The van der Waals surface area contributed by atoms with E-state index >= 15 is 0 Å². The zero-order chi connectivity index (χ0) is 20.8. The number of nitrogens with one attached hydrogen (secondary N) is 1. The molecule has 2 aromatic carbocycles. The van der Waals surface area contributed by atoms with Gasteiger partial charge in [0, 0.05) is 13.1 Å². The number of amides is 2. The van der Waals surface area contributed by atoms with Gasteiger partial charge in [-0.05, 0) is 97.5 Å². The van der Waals surface area contributed by atoms with Gasteiger partial charge in [-0.15, -0.1) is 4.83 Å². The van der Waals surface area contributed by atoms with Gasteiger partial charge in [-0.2, -0.15) is 0 Å². The van der Waals surface area contributed by atoms with Gasteiger partial charge in [0.25, 0.3) is 0 Å². The summed E-state index contributed by atoms with van der Waals surface area (Å²) in [4.78, 5) is 18.4. The standard InChI is InChI=1S/C23H28N4O2S/c1-26-11-10-15-13-19(9-8-18(15)14-26)30(29)25-27(23(24)28)22-20-6-2-4-16(20)12-17-5-3-7-21(17)22/h8-9,12-13,25H,2-7,10-11,14H2,1H3,(H2,24,28). The first-order valence-corrected chi connectivity index (χ1v) is 11.9. The summed E-state index contributed by atoms with van der Waals surface area (Å²) in [5.41, 5.74) is 14.1. The number of rotatable bonds is 4. The predicted octanol–water partition coefficient (Wildman–Crippen LogP) is 2.76. The van der Waals surface area contributed by atoms with E-state index < -0.39 is 17.0 Å². The van der Waals surface area contributed by atoms with Crippen molar-refractivity contribution in [2.75, 3.05) is 18.6 Å². The lowest BCUT2D eigenvalue weighted by atomic mass is 9.98. The van der Waals surface area contributed by atoms with Crippen molar-refractivity contribution in [3.05, 3.63) is 57.6 Å². The molecule has 3 N–H and O–H groups in total. The maximum atomic E-state index is 13.2. The topological polar surface area (TPSA) is 78.7 Å². The highest BCUT2D eigenvalue weighted by molar-refractivity contribution is 7.83. The van der Waals surface area contributed by atoms with Crippen molar-refractivity contribution < 1.29 is 9.00 Å². The van der Waals surface area contributed by atoms with Gasteiger partial charge in [0.2, 0.25) is 0 Å². The predicted molar refractivity (Wildman–Crippen MR) is 119 cm³/mol. The molecule has 2 amide bonds. The lowest BCUT2D eigenvalue weighted by Gasteiger charge is -2.27. The molecule has 0 saturated heterocycles. The maximum absolute atomic E-state index is 13.2. The molecular weight excluding hydrogens is 396 g/mol. The molecule has 1 unspecified atom stereocenters. The van der Waals surface area contributed by atoms with Crippen molar-refractivity contribution in [3.63, 3.8) is 0 Å². The van der Waals surface area contributed by atoms with Crippen molar-refractivity contribution in [3.8, 4) is 0 Å². The van der Waals surface area contributed by atoms with Gasteiger partial charge in [0.1, 0.15) is 11.0 Å². The largest absolute Gasteiger partial charge is 0.350 e. The number of aryl methyl sites for hydroxylation is 2. The number of hydrogen-bond donors (Lipinski definition) is 2. The van der Waals surface area contributed by atoms with Crippen LogP contribution in [0.25, 0.3) is 0 Å². The fraction of sp³-hybridized carbons (Fsp3) is 0.435. The summed E-state index contributed by atoms with van der Waals surface area (Å²) in [5, 5.41) is 1.36. The minimum Gasteiger partial charge on any atom is -0.350 e. The minimum absolute atomic E-state index is 0.614. The SMILES string of the molecule is CN1CCc2cc(S(=O)NN(C(N)=O)c3c4c(cc5c3CCC5)CCC4)ccc2C1. The third kappa shape index (κ3) is 3.45. The van der Waals surface area contributed by atoms with Crippen LogP contribution in [0, 0.1) is 0 Å². The van der Waals surface area contributed by atoms with E-state index in [4.69, 9.17) is 5.73 Å². The number of hydrogen-bond acceptors (Lipinski definition) is 3. The first-order valence-electron chi connectivity index (χ1n) is 10.8. The number of carbonyl (C=O) groups is 1. The van der Waals surface area contributed by atoms with Crippen molar-refractivity contribution in [2.24, 2.45) is 5.73 Å². The van der Waals surface area contributed by atoms with Gasteiger partial charge in [-0.3, -0.25) is 0 Å². The number of likely N-dealkylation sites (N-methyl/N-ethyl adjacent to an activating group) is 1. The Morgan fingerprint density at radius 2 is 1.70 bits per heavy atom. The van der Waals surface area contributed by atoms with Gasteiger partial charge < -0.3 is 10.6 Å². The van der Waals surface area contributed by atoms with Crippen LogP contribution in [0.4, 0.5) is 10.5 Å². The second-order valence-corrected chi connectivity index (χ2v) is 9.85. The fourth-order valence-corrected chi connectivity index (χ4v) is 6.07. The third-order valence-electron chi connectivity index (χ3n) is 6.65. The van der Waals surface area contributed by atoms with Crippen molar-refractivity contribution >= 4 is 22.7 Å². The van der Waals surface area contributed by atoms with Crippen LogP contribution in [0.1, 0.15) is 46.2 Å². The lowest BCUT2D eigenvalue weighted by Crippen LogP contribution is -2.48. The Balaban J connectivity index is 1.48. The minimum atomic E-state index is -1.57. The molecule has 30 heavy (non-hydrogen) atoms. The Kier molecular flexibility index (Phi) is 5.13. The van der Waals surface area contributed by atoms with E-state index in [9.17, 15) is 9.00 Å². The first-order chi connectivity index (χ1) is 14.5. The Morgan fingerprint density at radius 3 is 2.37 bits per heavy atom. The normalized spacial score (nSPS) is 18.6. The number of anilines is 1. The van der Waals surface area contributed by atoms with Gasteiger partial charge in [0.15, 0.2) is 0 Å². The summed E-state index contributed by atoms with van der Waals surface area (Å²) < 4.78 is 13.2. The van der Waals surface area contributed by atoms with E-state index in [1.165, 1.54) is 38.4 Å². The van der Waals surface area contributed by atoms with Crippen LogP contribution >= 0.6 is 0 Å². The molecule has 7 heteroatoms. The number of primary amides is 1. The average Bonchev–Trinajstić information content (AvgIpc) is 3.38. The molecular formula is C23H28N4O2S. The summed E-state index contributed by atoms with van der Waals surface area (Å²) in [6.07, 6.45) is 7.04. The monoisotopic (exact) mass is 424 g/mol. The first kappa shape index (κ1) is 19.7. The van der Waals surface area contributed by atoms with E-state index in [0.717, 1.165) is 63.7 Å². The molecule has 6 nitrogen and oxygen atoms in total. The van der Waals surface area contributed by atoms with Crippen molar-refractivity contribution in [1.29, 1.82) is 0 Å². The molecule has 1 aliphatic heterocycles. The zero-order valence-electron chi connectivity index (χ0n) is 17.4. The van der Waals surface area contributed by atoms with E-state index in [2.05, 4.69) is 22.8 Å². The van der Waals surface area contributed by atoms with Crippen LogP contribution in [0.3, 0.4) is 0 Å². The molecule has 0 bridgehead atoms. The highest BCUT2D eigenvalue weighted by Crippen LogP contribution is 2.40. The number of nitrogens with two attached hydrogens (primary N) is 1. The van der Waals surface area contributed by atoms with E-state index in [0.29, 0.717) is 4.90 Å². The molecule has 0 fully saturated rings. The van der Waals surface area contributed by atoms with Crippen LogP contribution in [-0.2, 0) is 49.6 Å². The second-order valence-electron chi connectivity index (χ2n) is 8.66. The van der Waals surface area contributed by atoms with Crippen LogP contribution in [0.5, 0.6) is 0 Å². The molecule has 158 valence electrons. The Bertz CT molecular complexity index is 1020. The van der Waals surface area contributed by atoms with E-state index in [1.54, 1.807) is 0 Å². The van der Waals surface area contributed by atoms with Crippen LogP contribution in [0.2, 0.25) is 0 Å². The summed E-state index contributed by atoms with van der Waals surface area (Å²) in [7, 11) is 0.536. The smallest absolute Gasteiger partial charge is 0.334 e. The highest BCUT2D eigenvalue weighted by Gasteiger charge is 2.30. The van der Waals surface area contributed by atoms with Crippen LogP contribution < -0.4 is 15.6 Å². The molecule has 0 spiro atoms. The number of carbonyl (C=O) groups excluding carboxylic acids is 1. The van der Waals surface area contributed by atoms with Crippen LogP contribution in [-0.4, -0.2) is 28.7 Å². The third-order valence-corrected chi connectivity index (χ3v) is 7.68. The molecule has 2 aliphatic carbocycles. The van der Waals surface area contributed by atoms with E-state index in [1.807, 2.05) is 18.2 Å². The Hall–Kier alpha value is -2.22. The summed E-state index contributed by atoms with van der Waals surface area (Å²) >= 11 is 0. The molecule has 1 heterocycles. The van der Waals surface area contributed by atoms with Gasteiger partial charge in [0.05, 0.1) is 10.6 Å². The molecule has 1 atom stereocenters. The van der Waals surface area contributed by atoms with Crippen molar-refractivity contribution in [1.82, 2.24) is 9.73 Å². The highest BCUT2D eigenvalue weighted by atomic mass is 32.2. The number of fused-ring (bicyclic) bond motifs is 3. The fourth-order valence-electron chi connectivity index (χ4n) is 5.18. The van der Waals surface area contributed by atoms with Crippen LogP contribution in [0.15, 0.2) is 29.2 Å². The van der Waals surface area contributed by atoms with E-state index in [-0.39, 0.29) is 0 Å². The Morgan fingerprint density at radius 1 is 1.00 bits per heavy atom. The number of urea groups is 1. The molecule has 0 radical (unpaired) electrons. The van der Waals surface area contributed by atoms with Crippen molar-refractivity contribution in [2.45, 2.75) is 56.4 Å². The van der Waals surface area contributed by atoms with Gasteiger partial charge in [-0.1, -0.05) is 12.1 Å². The molecule has 5 rings (SSSR count). The maximum Gasteiger partial charge on any atom is 0.334 e. The molecule has 0 saturated carbocycles. The molecule has 0 aromatic heterocycles. The zero-order valence-corrected chi connectivity index (χ0v) is 18.2. The average molecular weight is 425 g/mol. The number of benzene rings is 2. The summed E-state index contributed by atoms with van der Waals surface area (Å²) in [5.74, 6) is 0. The molecule has 3 aliphatic rings. The Labute approximate surface area is 180 Å². The quantitative estimate of drug-likeness (QED) is 0.741. The van der Waals surface area contributed by atoms with Gasteiger partial charge in [-0.25, -0.2) is 14.0 Å².